The van der Waals surface area contributed by atoms with Crippen molar-refractivity contribution in [3.05, 3.63) is 34.9 Å². The molecule has 0 radical (unpaired) electrons. The topological polar surface area (TPSA) is 17.1 Å². The number of carbonyl (C=O) groups is 1. The minimum Gasteiger partial charge on any atom is -0.299 e. The zero-order valence-electron chi connectivity index (χ0n) is 9.55. The SMILES string of the molecule is Cc1cccc(C)c1CC(=O)CC1CC1. The lowest BCUT2D eigenvalue weighted by molar-refractivity contribution is -0.118. The van der Waals surface area contributed by atoms with E-state index in [9.17, 15) is 4.79 Å². The first-order valence-corrected chi connectivity index (χ1v) is 5.73. The molecule has 1 aromatic rings. The van der Waals surface area contributed by atoms with E-state index in [-0.39, 0.29) is 0 Å². The fourth-order valence-corrected chi connectivity index (χ4v) is 2.04. The maximum Gasteiger partial charge on any atom is 0.137 e. The molecule has 1 heteroatoms. The first kappa shape index (κ1) is 10.4. The molecule has 1 aromatic carbocycles. The van der Waals surface area contributed by atoms with E-state index in [2.05, 4.69) is 32.0 Å². The van der Waals surface area contributed by atoms with Crippen LogP contribution in [0.4, 0.5) is 0 Å². The summed E-state index contributed by atoms with van der Waals surface area (Å²) in [4.78, 5) is 11.8. The minimum absolute atomic E-state index is 0.412. The zero-order chi connectivity index (χ0) is 10.8. The number of benzene rings is 1. The lowest BCUT2D eigenvalue weighted by atomic mass is 9.96. The number of hydrogen-bond donors (Lipinski definition) is 0. The van der Waals surface area contributed by atoms with Gasteiger partial charge in [-0.15, -0.1) is 0 Å². The third kappa shape index (κ3) is 2.68. The van der Waals surface area contributed by atoms with Gasteiger partial charge in [-0.3, -0.25) is 4.79 Å². The Labute approximate surface area is 91.5 Å². The molecule has 0 aromatic heterocycles. The van der Waals surface area contributed by atoms with E-state index in [0.717, 1.165) is 6.42 Å². The first-order chi connectivity index (χ1) is 7.16. The van der Waals surface area contributed by atoms with Crippen LogP contribution in [0.2, 0.25) is 0 Å². The molecular formula is C14H18O. The molecule has 0 spiro atoms. The Balaban J connectivity index is 2.05. The van der Waals surface area contributed by atoms with Crippen LogP contribution in [-0.2, 0) is 11.2 Å². The molecular weight excluding hydrogens is 184 g/mol. The summed E-state index contributed by atoms with van der Waals surface area (Å²) in [5.41, 5.74) is 3.74. The predicted octanol–water partition coefficient (Wildman–Crippen LogP) is 3.22. The molecule has 0 atom stereocenters. The second kappa shape index (κ2) is 4.18. The summed E-state index contributed by atoms with van der Waals surface area (Å²) in [5, 5.41) is 0. The van der Waals surface area contributed by atoms with Crippen LogP contribution in [0.5, 0.6) is 0 Å². The third-order valence-corrected chi connectivity index (χ3v) is 3.23. The quantitative estimate of drug-likeness (QED) is 0.732. The molecule has 1 nitrogen and oxygen atoms in total. The number of aryl methyl sites for hydroxylation is 2. The van der Waals surface area contributed by atoms with Crippen molar-refractivity contribution in [1.82, 2.24) is 0 Å². The Morgan fingerprint density at radius 1 is 1.27 bits per heavy atom. The van der Waals surface area contributed by atoms with Crippen LogP contribution in [0.1, 0.15) is 36.0 Å². The smallest absolute Gasteiger partial charge is 0.137 e. The second-order valence-electron chi connectivity index (χ2n) is 4.73. The molecule has 1 saturated carbocycles. The fourth-order valence-electron chi connectivity index (χ4n) is 2.04. The summed E-state index contributed by atoms with van der Waals surface area (Å²) in [6.45, 7) is 4.18. The van der Waals surface area contributed by atoms with Crippen molar-refractivity contribution in [2.75, 3.05) is 0 Å². The van der Waals surface area contributed by atoms with Crippen molar-refractivity contribution >= 4 is 5.78 Å². The van der Waals surface area contributed by atoms with Crippen molar-refractivity contribution in [1.29, 1.82) is 0 Å². The zero-order valence-corrected chi connectivity index (χ0v) is 9.55. The van der Waals surface area contributed by atoms with Gasteiger partial charge in [0.15, 0.2) is 0 Å². The molecule has 0 bridgehead atoms. The van der Waals surface area contributed by atoms with Gasteiger partial charge in [0.25, 0.3) is 0 Å². The maximum atomic E-state index is 11.8. The van der Waals surface area contributed by atoms with Crippen LogP contribution >= 0.6 is 0 Å². The molecule has 15 heavy (non-hydrogen) atoms. The largest absolute Gasteiger partial charge is 0.299 e. The third-order valence-electron chi connectivity index (χ3n) is 3.23. The van der Waals surface area contributed by atoms with Gasteiger partial charge in [0.2, 0.25) is 0 Å². The van der Waals surface area contributed by atoms with Gasteiger partial charge in [-0.05, 0) is 49.3 Å². The van der Waals surface area contributed by atoms with E-state index in [1.165, 1.54) is 29.5 Å². The van der Waals surface area contributed by atoms with Crippen LogP contribution < -0.4 is 0 Å². The van der Waals surface area contributed by atoms with Gasteiger partial charge in [-0.2, -0.15) is 0 Å². The first-order valence-electron chi connectivity index (χ1n) is 5.73. The Hall–Kier alpha value is -1.11. The molecule has 0 saturated heterocycles. The van der Waals surface area contributed by atoms with Crippen LogP contribution in [0, 0.1) is 19.8 Å². The predicted molar refractivity (Wildman–Crippen MR) is 62.0 cm³/mol. The summed E-state index contributed by atoms with van der Waals surface area (Å²) < 4.78 is 0. The number of rotatable bonds is 4. The fraction of sp³-hybridized carbons (Fsp3) is 0.500. The molecule has 0 N–H and O–H groups in total. The number of hydrogen-bond acceptors (Lipinski definition) is 1. The average Bonchev–Trinajstić information content (AvgIpc) is 2.95. The van der Waals surface area contributed by atoms with Crippen LogP contribution in [0.25, 0.3) is 0 Å². The molecule has 2 rings (SSSR count). The Bertz CT molecular complexity index is 355. The van der Waals surface area contributed by atoms with Gasteiger partial charge in [-0.1, -0.05) is 18.2 Å². The molecule has 0 unspecified atom stereocenters. The summed E-state index contributed by atoms with van der Waals surface area (Å²) in [6, 6.07) is 6.24. The summed E-state index contributed by atoms with van der Waals surface area (Å²) >= 11 is 0. The minimum atomic E-state index is 0.412. The van der Waals surface area contributed by atoms with Crippen molar-refractivity contribution in [3.63, 3.8) is 0 Å². The standard InChI is InChI=1S/C14H18O/c1-10-4-3-5-11(2)14(10)9-13(15)8-12-6-7-12/h3-5,12H,6-9H2,1-2H3. The molecule has 0 amide bonds. The van der Waals surface area contributed by atoms with E-state index in [1.807, 2.05) is 0 Å². The maximum absolute atomic E-state index is 11.8. The molecule has 1 aliphatic carbocycles. The van der Waals surface area contributed by atoms with Gasteiger partial charge < -0.3 is 0 Å². The van der Waals surface area contributed by atoms with Crippen LogP contribution in [0.3, 0.4) is 0 Å². The molecule has 0 heterocycles. The lowest BCUT2D eigenvalue weighted by Crippen LogP contribution is -2.06. The van der Waals surface area contributed by atoms with Crippen molar-refractivity contribution in [3.8, 4) is 0 Å². The van der Waals surface area contributed by atoms with Crippen molar-refractivity contribution < 1.29 is 4.79 Å². The molecule has 0 aliphatic heterocycles. The molecule has 80 valence electrons. The van der Waals surface area contributed by atoms with Crippen LogP contribution in [-0.4, -0.2) is 5.78 Å². The van der Waals surface area contributed by atoms with Crippen molar-refractivity contribution in [2.45, 2.75) is 39.5 Å². The van der Waals surface area contributed by atoms with Gasteiger partial charge in [0.1, 0.15) is 5.78 Å². The van der Waals surface area contributed by atoms with E-state index < -0.39 is 0 Å². The van der Waals surface area contributed by atoms with Gasteiger partial charge in [0.05, 0.1) is 0 Å². The van der Waals surface area contributed by atoms with E-state index in [0.29, 0.717) is 18.1 Å². The lowest BCUT2D eigenvalue weighted by Gasteiger charge is -2.08. The van der Waals surface area contributed by atoms with E-state index >= 15 is 0 Å². The van der Waals surface area contributed by atoms with Crippen molar-refractivity contribution in [2.24, 2.45) is 5.92 Å². The van der Waals surface area contributed by atoms with E-state index in [1.54, 1.807) is 0 Å². The molecule has 1 aliphatic rings. The number of Topliss-reactive ketones (excluding diaryl/α,β-unsaturated/α-hetero) is 1. The highest BCUT2D eigenvalue weighted by Gasteiger charge is 2.24. The van der Waals surface area contributed by atoms with E-state index in [4.69, 9.17) is 0 Å². The Morgan fingerprint density at radius 3 is 2.40 bits per heavy atom. The van der Waals surface area contributed by atoms with Gasteiger partial charge >= 0.3 is 0 Å². The highest BCUT2D eigenvalue weighted by molar-refractivity contribution is 5.82. The van der Waals surface area contributed by atoms with Gasteiger partial charge in [-0.25, -0.2) is 0 Å². The number of ketones is 1. The highest BCUT2D eigenvalue weighted by Crippen LogP contribution is 2.33. The Kier molecular flexibility index (Phi) is 2.90. The average molecular weight is 202 g/mol. The highest BCUT2D eigenvalue weighted by atomic mass is 16.1. The molecule has 1 fully saturated rings. The monoisotopic (exact) mass is 202 g/mol. The second-order valence-corrected chi connectivity index (χ2v) is 4.73. The van der Waals surface area contributed by atoms with Gasteiger partial charge in [0, 0.05) is 12.8 Å². The number of carbonyl (C=O) groups excluding carboxylic acids is 1. The summed E-state index contributed by atoms with van der Waals surface area (Å²) in [5.74, 6) is 1.12. The summed E-state index contributed by atoms with van der Waals surface area (Å²) in [7, 11) is 0. The normalized spacial score (nSPS) is 15.3. The van der Waals surface area contributed by atoms with Crippen LogP contribution in [0.15, 0.2) is 18.2 Å². The summed E-state index contributed by atoms with van der Waals surface area (Å²) in [6.07, 6.45) is 3.96. The Morgan fingerprint density at radius 2 is 1.87 bits per heavy atom.